The van der Waals surface area contributed by atoms with Crippen LogP contribution in [0.5, 0.6) is 0 Å². The number of hydrogen-bond donors (Lipinski definition) is 1. The lowest BCUT2D eigenvalue weighted by Gasteiger charge is -2.20. The van der Waals surface area contributed by atoms with E-state index in [9.17, 15) is 13.6 Å². The fraction of sp³-hybridized carbons (Fsp3) is 0.190. The molecule has 3 aromatic rings. The summed E-state index contributed by atoms with van der Waals surface area (Å²) in [6.45, 7) is 1.70. The van der Waals surface area contributed by atoms with Crippen LogP contribution in [0.4, 0.5) is 8.78 Å². The summed E-state index contributed by atoms with van der Waals surface area (Å²) >= 11 is 0. The number of hydroxylamine groups is 1. The van der Waals surface area contributed by atoms with Crippen molar-refractivity contribution in [1.29, 1.82) is 0 Å². The summed E-state index contributed by atoms with van der Waals surface area (Å²) in [7, 11) is 1.48. The third-order valence-corrected chi connectivity index (χ3v) is 4.71. The quantitative estimate of drug-likeness (QED) is 0.640. The highest BCUT2D eigenvalue weighted by atomic mass is 19.1. The van der Waals surface area contributed by atoms with Crippen molar-refractivity contribution >= 4 is 5.91 Å². The Bertz CT molecular complexity index is 1110. The molecule has 0 spiro atoms. The van der Waals surface area contributed by atoms with Gasteiger partial charge in [-0.1, -0.05) is 17.3 Å². The van der Waals surface area contributed by atoms with Gasteiger partial charge in [0.2, 0.25) is 5.89 Å². The van der Waals surface area contributed by atoms with Crippen molar-refractivity contribution in [3.05, 3.63) is 83.3 Å². The lowest BCUT2D eigenvalue weighted by Crippen LogP contribution is -2.27. The summed E-state index contributed by atoms with van der Waals surface area (Å²) in [5, 5.41) is 3.80. The number of rotatable bonds is 5. The van der Waals surface area contributed by atoms with Gasteiger partial charge in [0.1, 0.15) is 17.7 Å². The monoisotopic (exact) mass is 412 g/mol. The predicted octanol–water partition coefficient (Wildman–Crippen LogP) is 3.90. The van der Waals surface area contributed by atoms with Crippen molar-refractivity contribution in [3.8, 4) is 11.1 Å². The number of nitrogens with zero attached hydrogens (tertiary/aromatic N) is 3. The van der Waals surface area contributed by atoms with Crippen LogP contribution in [0.2, 0.25) is 0 Å². The van der Waals surface area contributed by atoms with Crippen LogP contribution in [0.1, 0.15) is 34.5 Å². The van der Waals surface area contributed by atoms with Gasteiger partial charge in [-0.2, -0.15) is 4.98 Å². The van der Waals surface area contributed by atoms with E-state index < -0.39 is 17.7 Å². The molecular formula is C21H18F2N4O3. The summed E-state index contributed by atoms with van der Waals surface area (Å²) in [4.78, 5) is 23.8. The first-order chi connectivity index (χ1) is 14.5. The molecule has 154 valence electrons. The summed E-state index contributed by atoms with van der Waals surface area (Å²) < 4.78 is 32.4. The second-order valence-corrected chi connectivity index (χ2v) is 6.77. The Morgan fingerprint density at radius 1 is 1.23 bits per heavy atom. The average Bonchev–Trinajstić information content (AvgIpc) is 3.34. The van der Waals surface area contributed by atoms with Gasteiger partial charge < -0.3 is 9.42 Å². The smallest absolute Gasteiger partial charge is 0.258 e. The molecule has 0 fully saturated rings. The minimum Gasteiger partial charge on any atom is -0.337 e. The molecule has 1 amide bonds. The van der Waals surface area contributed by atoms with Crippen molar-refractivity contribution in [2.45, 2.75) is 19.4 Å². The maximum atomic E-state index is 14.0. The summed E-state index contributed by atoms with van der Waals surface area (Å²) in [6.07, 6.45) is 2.05. The second-order valence-electron chi connectivity index (χ2n) is 6.77. The summed E-state index contributed by atoms with van der Waals surface area (Å²) in [6, 6.07) is 9.30. The number of halogens is 2. The SMILES string of the molecule is CONC1=CN(C(=O)c2ccc(-c3ccc(F)cc3F)cc2)C(c2nc(C)no2)C1. The van der Waals surface area contributed by atoms with Gasteiger partial charge >= 0.3 is 0 Å². The number of hydrogen-bond acceptors (Lipinski definition) is 6. The zero-order chi connectivity index (χ0) is 21.3. The van der Waals surface area contributed by atoms with E-state index in [1.807, 2.05) is 0 Å². The summed E-state index contributed by atoms with van der Waals surface area (Å²) in [5.74, 6) is -0.827. The normalized spacial score (nSPS) is 15.9. The Kier molecular flexibility index (Phi) is 5.28. The van der Waals surface area contributed by atoms with Crippen LogP contribution in [0.15, 0.2) is 58.9 Å². The third-order valence-electron chi connectivity index (χ3n) is 4.71. The molecule has 1 atom stereocenters. The molecule has 0 bridgehead atoms. The van der Waals surface area contributed by atoms with Crippen LogP contribution in [0.25, 0.3) is 11.1 Å². The topological polar surface area (TPSA) is 80.5 Å². The van der Waals surface area contributed by atoms with Crippen LogP contribution in [0.3, 0.4) is 0 Å². The highest BCUT2D eigenvalue weighted by Gasteiger charge is 2.35. The Balaban J connectivity index is 1.61. The first-order valence-corrected chi connectivity index (χ1v) is 9.14. The maximum Gasteiger partial charge on any atom is 0.258 e. The number of carbonyl (C=O) groups is 1. The van der Waals surface area contributed by atoms with Gasteiger partial charge in [-0.25, -0.2) is 8.78 Å². The van der Waals surface area contributed by atoms with Gasteiger partial charge in [0.25, 0.3) is 5.91 Å². The van der Waals surface area contributed by atoms with Gasteiger partial charge in [-0.15, -0.1) is 0 Å². The van der Waals surface area contributed by atoms with E-state index in [-0.39, 0.29) is 11.5 Å². The van der Waals surface area contributed by atoms with Crippen molar-refractivity contribution in [2.75, 3.05) is 7.11 Å². The number of aryl methyl sites for hydroxylation is 1. The van der Waals surface area contributed by atoms with Crippen molar-refractivity contribution in [1.82, 2.24) is 20.5 Å². The Hall–Kier alpha value is -3.59. The second kappa shape index (κ2) is 8.03. The number of aromatic nitrogens is 2. The van der Waals surface area contributed by atoms with Gasteiger partial charge in [-0.3, -0.25) is 15.1 Å². The van der Waals surface area contributed by atoms with Crippen molar-refractivity contribution in [3.63, 3.8) is 0 Å². The summed E-state index contributed by atoms with van der Waals surface area (Å²) in [5.41, 5.74) is 4.58. The van der Waals surface area contributed by atoms with E-state index >= 15 is 0 Å². The van der Waals surface area contributed by atoms with Crippen LogP contribution < -0.4 is 5.48 Å². The van der Waals surface area contributed by atoms with E-state index in [4.69, 9.17) is 9.36 Å². The lowest BCUT2D eigenvalue weighted by atomic mass is 10.0. The molecule has 7 nitrogen and oxygen atoms in total. The predicted molar refractivity (Wildman–Crippen MR) is 103 cm³/mol. The first-order valence-electron chi connectivity index (χ1n) is 9.14. The highest BCUT2D eigenvalue weighted by molar-refractivity contribution is 5.96. The molecule has 4 rings (SSSR count). The molecular weight excluding hydrogens is 394 g/mol. The molecule has 0 saturated carbocycles. The molecule has 2 aromatic carbocycles. The minimum atomic E-state index is -0.668. The molecule has 0 saturated heterocycles. The van der Waals surface area contributed by atoms with Crippen LogP contribution >= 0.6 is 0 Å². The van der Waals surface area contributed by atoms with Crippen LogP contribution in [-0.4, -0.2) is 28.1 Å². The molecule has 1 aromatic heterocycles. The van der Waals surface area contributed by atoms with E-state index in [0.29, 0.717) is 35.0 Å². The number of amides is 1. The molecule has 0 aliphatic carbocycles. The van der Waals surface area contributed by atoms with Gasteiger partial charge in [0.15, 0.2) is 5.82 Å². The van der Waals surface area contributed by atoms with Gasteiger partial charge in [0.05, 0.1) is 12.8 Å². The lowest BCUT2D eigenvalue weighted by molar-refractivity contribution is 0.0760. The van der Waals surface area contributed by atoms with Crippen molar-refractivity contribution < 1.29 is 22.9 Å². The molecule has 9 heteroatoms. The Morgan fingerprint density at radius 3 is 2.63 bits per heavy atom. The number of carbonyl (C=O) groups excluding carboxylic acids is 1. The van der Waals surface area contributed by atoms with Crippen LogP contribution in [0, 0.1) is 18.6 Å². The molecule has 0 radical (unpaired) electrons. The Morgan fingerprint density at radius 2 is 2.00 bits per heavy atom. The zero-order valence-corrected chi connectivity index (χ0v) is 16.2. The first kappa shape index (κ1) is 19.7. The standard InChI is InChI=1S/C21H18F2N4O3/c1-12-24-20(30-25-12)19-10-16(26-29-2)11-27(19)21(28)14-5-3-13(4-6-14)17-8-7-15(22)9-18(17)23/h3-9,11,19,26H,10H2,1-2H3. The largest absolute Gasteiger partial charge is 0.337 e. The fourth-order valence-electron chi connectivity index (χ4n) is 3.34. The van der Waals surface area contributed by atoms with Gasteiger partial charge in [-0.05, 0) is 36.8 Å². The Labute approximate surface area is 170 Å². The molecule has 1 aliphatic heterocycles. The highest BCUT2D eigenvalue weighted by Crippen LogP contribution is 2.34. The molecule has 1 unspecified atom stereocenters. The number of nitrogens with one attached hydrogen (secondary N) is 1. The van der Waals surface area contributed by atoms with E-state index in [1.165, 1.54) is 24.1 Å². The zero-order valence-electron chi connectivity index (χ0n) is 16.2. The van der Waals surface area contributed by atoms with E-state index in [1.54, 1.807) is 37.4 Å². The average molecular weight is 412 g/mol. The minimum absolute atomic E-state index is 0.252. The molecule has 30 heavy (non-hydrogen) atoms. The van der Waals surface area contributed by atoms with E-state index in [2.05, 4.69) is 15.6 Å². The van der Waals surface area contributed by atoms with E-state index in [0.717, 1.165) is 6.07 Å². The molecule has 2 heterocycles. The molecule has 1 N–H and O–H groups in total. The van der Waals surface area contributed by atoms with Crippen LogP contribution in [-0.2, 0) is 4.84 Å². The number of benzene rings is 2. The molecule has 1 aliphatic rings. The van der Waals surface area contributed by atoms with Crippen molar-refractivity contribution in [2.24, 2.45) is 0 Å². The fourth-order valence-corrected chi connectivity index (χ4v) is 3.34. The third kappa shape index (κ3) is 3.79. The van der Waals surface area contributed by atoms with Gasteiger partial charge in [0, 0.05) is 29.8 Å². The maximum absolute atomic E-state index is 14.0.